The van der Waals surface area contributed by atoms with E-state index in [1.165, 1.54) is 12.1 Å². The Morgan fingerprint density at radius 1 is 1.38 bits per heavy atom. The Balaban J connectivity index is 2.19. The van der Waals surface area contributed by atoms with E-state index in [-0.39, 0.29) is 17.2 Å². The first-order chi connectivity index (χ1) is 11.4. The third-order valence-corrected chi connectivity index (χ3v) is 5.68. The van der Waals surface area contributed by atoms with Crippen molar-refractivity contribution in [3.8, 4) is 0 Å². The Morgan fingerprint density at radius 2 is 2.12 bits per heavy atom. The highest BCUT2D eigenvalue weighted by Gasteiger charge is 2.36. The molecular weight excluding hydrogens is 335 g/mol. The van der Waals surface area contributed by atoms with Crippen LogP contribution in [0.1, 0.15) is 56.0 Å². The second-order valence-corrected chi connectivity index (χ2v) is 7.31. The summed E-state index contributed by atoms with van der Waals surface area (Å²) in [7, 11) is 0. The van der Waals surface area contributed by atoms with Crippen LogP contribution in [0.25, 0.3) is 0 Å². The third kappa shape index (κ3) is 4.47. The van der Waals surface area contributed by atoms with Gasteiger partial charge in [-0.05, 0) is 30.5 Å². The minimum Gasteiger partial charge on any atom is -0.325 e. The summed E-state index contributed by atoms with van der Waals surface area (Å²) in [6, 6.07) is 5.36. The molecule has 1 aliphatic heterocycles. The summed E-state index contributed by atoms with van der Waals surface area (Å²) in [5.41, 5.74) is -0.0936. The van der Waals surface area contributed by atoms with Crippen LogP contribution in [0.5, 0.6) is 0 Å². The summed E-state index contributed by atoms with van der Waals surface area (Å²) in [5.74, 6) is 0.812. The number of halogens is 3. The van der Waals surface area contributed by atoms with E-state index in [1.54, 1.807) is 22.7 Å². The van der Waals surface area contributed by atoms with E-state index < -0.39 is 11.7 Å². The molecule has 0 radical (unpaired) electrons. The van der Waals surface area contributed by atoms with Gasteiger partial charge in [0.25, 0.3) is 0 Å². The highest BCUT2D eigenvalue weighted by molar-refractivity contribution is 7.99. The number of alkyl halides is 3. The summed E-state index contributed by atoms with van der Waals surface area (Å²) in [6.45, 7) is 4.70. The lowest BCUT2D eigenvalue weighted by atomic mass is 9.97. The van der Waals surface area contributed by atoms with Crippen LogP contribution in [-0.2, 0) is 11.0 Å². The van der Waals surface area contributed by atoms with Crippen LogP contribution in [0.2, 0.25) is 0 Å². The molecule has 24 heavy (non-hydrogen) atoms. The third-order valence-electron chi connectivity index (χ3n) is 4.42. The quantitative estimate of drug-likeness (QED) is 0.669. The average molecular weight is 359 g/mol. The van der Waals surface area contributed by atoms with Crippen molar-refractivity contribution >= 4 is 17.7 Å². The standard InChI is InChI=1S/C18H24F3NOS/c1-3-5-7-13(4-2)16(23)22-10-11-24-17(22)14-8-6-9-15(12-14)18(19,20)21/h6,8-9,12-13,17H,3-5,7,10-11H2,1-2H3/t13-,17-/m0/s1. The molecule has 1 aromatic rings. The number of nitrogens with zero attached hydrogens (tertiary/aromatic N) is 1. The van der Waals surface area contributed by atoms with E-state index >= 15 is 0 Å². The molecule has 0 unspecified atom stereocenters. The monoisotopic (exact) mass is 359 g/mol. The Morgan fingerprint density at radius 3 is 2.75 bits per heavy atom. The number of carbonyl (C=O) groups excluding carboxylic acids is 1. The van der Waals surface area contributed by atoms with Gasteiger partial charge in [-0.2, -0.15) is 13.2 Å². The maximum Gasteiger partial charge on any atom is 0.416 e. The van der Waals surface area contributed by atoms with Gasteiger partial charge in [0.05, 0.1) is 5.56 Å². The molecule has 1 heterocycles. The van der Waals surface area contributed by atoms with Crippen LogP contribution in [0, 0.1) is 5.92 Å². The van der Waals surface area contributed by atoms with Gasteiger partial charge >= 0.3 is 6.18 Å². The van der Waals surface area contributed by atoms with Gasteiger partial charge in [-0.25, -0.2) is 0 Å². The van der Waals surface area contributed by atoms with Crippen LogP contribution in [0.15, 0.2) is 24.3 Å². The molecule has 0 spiro atoms. The van der Waals surface area contributed by atoms with Gasteiger partial charge in [0.15, 0.2) is 0 Å². The molecule has 6 heteroatoms. The number of hydrogen-bond donors (Lipinski definition) is 0. The Kier molecular flexibility index (Phi) is 6.61. The Bertz CT molecular complexity index is 561. The van der Waals surface area contributed by atoms with Crippen molar-refractivity contribution in [1.82, 2.24) is 4.90 Å². The fourth-order valence-corrected chi connectivity index (χ4v) is 4.28. The summed E-state index contributed by atoms with van der Waals surface area (Å²) >= 11 is 1.54. The first kappa shape index (κ1) is 19.2. The highest BCUT2D eigenvalue weighted by Crippen LogP contribution is 2.41. The van der Waals surface area contributed by atoms with Crippen molar-refractivity contribution in [3.63, 3.8) is 0 Å². The average Bonchev–Trinajstić information content (AvgIpc) is 3.04. The molecule has 0 bridgehead atoms. The molecule has 1 saturated heterocycles. The molecule has 1 aliphatic rings. The Hall–Kier alpha value is -1.17. The molecule has 0 aliphatic carbocycles. The molecule has 0 N–H and O–H groups in total. The van der Waals surface area contributed by atoms with Crippen molar-refractivity contribution in [1.29, 1.82) is 0 Å². The van der Waals surface area contributed by atoms with Crippen molar-refractivity contribution in [3.05, 3.63) is 35.4 Å². The summed E-state index contributed by atoms with van der Waals surface area (Å²) in [4.78, 5) is 14.6. The molecule has 1 amide bonds. The Labute approximate surface area is 145 Å². The van der Waals surface area contributed by atoms with Crippen molar-refractivity contribution < 1.29 is 18.0 Å². The number of unbranched alkanes of at least 4 members (excludes halogenated alkanes) is 1. The summed E-state index contributed by atoms with van der Waals surface area (Å²) in [6.07, 6.45) is -0.701. The zero-order valence-corrected chi connectivity index (χ0v) is 14.9. The SMILES string of the molecule is CCCC[C@H](CC)C(=O)N1CCS[C@H]1c1cccc(C(F)(F)F)c1. The minimum atomic E-state index is -4.36. The summed E-state index contributed by atoms with van der Waals surface area (Å²) < 4.78 is 38.8. The first-order valence-electron chi connectivity index (χ1n) is 8.47. The van der Waals surface area contributed by atoms with Crippen LogP contribution in [0.4, 0.5) is 13.2 Å². The summed E-state index contributed by atoms with van der Waals surface area (Å²) in [5, 5.41) is -0.310. The molecule has 0 saturated carbocycles. The number of hydrogen-bond acceptors (Lipinski definition) is 2. The highest BCUT2D eigenvalue weighted by atomic mass is 32.2. The molecule has 1 aromatic carbocycles. The lowest BCUT2D eigenvalue weighted by molar-refractivity contribution is -0.137. The lowest BCUT2D eigenvalue weighted by Gasteiger charge is -2.28. The van der Waals surface area contributed by atoms with Gasteiger partial charge < -0.3 is 4.90 Å². The van der Waals surface area contributed by atoms with E-state index in [9.17, 15) is 18.0 Å². The normalized spacial score (nSPS) is 19.5. The molecular formula is C18H24F3NOS. The molecule has 2 rings (SSSR count). The smallest absolute Gasteiger partial charge is 0.325 e. The molecule has 2 atom stereocenters. The molecule has 2 nitrogen and oxygen atoms in total. The number of benzene rings is 1. The van der Waals surface area contributed by atoms with Crippen molar-refractivity contribution in [2.24, 2.45) is 5.92 Å². The van der Waals surface area contributed by atoms with Crippen LogP contribution in [-0.4, -0.2) is 23.1 Å². The minimum absolute atomic E-state index is 0.0306. The molecule has 1 fully saturated rings. The van der Waals surface area contributed by atoms with E-state index in [2.05, 4.69) is 6.92 Å². The van der Waals surface area contributed by atoms with Crippen molar-refractivity contribution in [2.75, 3.05) is 12.3 Å². The fraction of sp³-hybridized carbons (Fsp3) is 0.611. The van der Waals surface area contributed by atoms with Crippen LogP contribution in [0.3, 0.4) is 0 Å². The second-order valence-electron chi connectivity index (χ2n) is 6.13. The van der Waals surface area contributed by atoms with E-state index in [0.29, 0.717) is 12.1 Å². The van der Waals surface area contributed by atoms with Crippen molar-refractivity contribution in [2.45, 2.75) is 51.1 Å². The van der Waals surface area contributed by atoms with Crippen LogP contribution < -0.4 is 0 Å². The largest absolute Gasteiger partial charge is 0.416 e. The fourth-order valence-electron chi connectivity index (χ4n) is 3.03. The van der Waals surface area contributed by atoms with E-state index in [4.69, 9.17) is 0 Å². The maximum absolute atomic E-state index is 12.9. The van der Waals surface area contributed by atoms with Gasteiger partial charge in [0.1, 0.15) is 5.37 Å². The number of thioether (sulfide) groups is 1. The maximum atomic E-state index is 12.9. The van der Waals surface area contributed by atoms with Gasteiger partial charge in [-0.3, -0.25) is 4.79 Å². The van der Waals surface area contributed by atoms with E-state index in [1.807, 2.05) is 6.92 Å². The first-order valence-corrected chi connectivity index (χ1v) is 9.52. The van der Waals surface area contributed by atoms with Gasteiger partial charge in [-0.15, -0.1) is 11.8 Å². The number of amides is 1. The van der Waals surface area contributed by atoms with Crippen LogP contribution >= 0.6 is 11.8 Å². The van der Waals surface area contributed by atoms with Gasteiger partial charge in [0, 0.05) is 18.2 Å². The van der Waals surface area contributed by atoms with Gasteiger partial charge in [-0.1, -0.05) is 38.8 Å². The second kappa shape index (κ2) is 8.28. The van der Waals surface area contributed by atoms with E-state index in [0.717, 1.165) is 37.5 Å². The van der Waals surface area contributed by atoms with Gasteiger partial charge in [0.2, 0.25) is 5.91 Å². The molecule has 134 valence electrons. The number of rotatable bonds is 6. The lowest BCUT2D eigenvalue weighted by Crippen LogP contribution is -2.35. The number of carbonyl (C=O) groups is 1. The topological polar surface area (TPSA) is 20.3 Å². The zero-order valence-electron chi connectivity index (χ0n) is 14.1. The zero-order chi connectivity index (χ0) is 17.7. The molecule has 0 aromatic heterocycles. The predicted octanol–water partition coefficient (Wildman–Crippen LogP) is 5.50. The predicted molar refractivity (Wildman–Crippen MR) is 91.7 cm³/mol.